The van der Waals surface area contributed by atoms with Gasteiger partial charge in [-0.3, -0.25) is 0 Å². The third-order valence-electron chi connectivity index (χ3n) is 4.70. The quantitative estimate of drug-likeness (QED) is 0.335. The Bertz CT molecular complexity index is 262. The first-order valence-corrected chi connectivity index (χ1v) is 10.0. The van der Waals surface area contributed by atoms with E-state index in [2.05, 4.69) is 36.0 Å². The average Bonchev–Trinajstić information content (AvgIpc) is 2.97. The van der Waals surface area contributed by atoms with Gasteiger partial charge in [0.15, 0.2) is 0 Å². The van der Waals surface area contributed by atoms with Gasteiger partial charge < -0.3 is 9.80 Å². The van der Waals surface area contributed by atoms with E-state index in [0.717, 1.165) is 6.67 Å². The number of unbranched alkanes of at least 4 members (excludes halogenated alkanes) is 11. The monoisotopic (exact) mass is 308 g/mol. The predicted molar refractivity (Wildman–Crippen MR) is 98.8 cm³/mol. The van der Waals surface area contributed by atoms with Crippen molar-refractivity contribution in [3.63, 3.8) is 0 Å². The lowest BCUT2D eigenvalue weighted by Gasteiger charge is -2.21. The van der Waals surface area contributed by atoms with Gasteiger partial charge in [0.05, 0.1) is 6.67 Å². The molecule has 0 aliphatic carbocycles. The van der Waals surface area contributed by atoms with Crippen LogP contribution in [-0.2, 0) is 0 Å². The van der Waals surface area contributed by atoms with Gasteiger partial charge in [0, 0.05) is 25.5 Å². The molecule has 0 aromatic rings. The summed E-state index contributed by atoms with van der Waals surface area (Å²) in [5.74, 6) is 0. The lowest BCUT2D eigenvalue weighted by atomic mass is 10.1. The van der Waals surface area contributed by atoms with Gasteiger partial charge in [0.25, 0.3) is 0 Å². The molecule has 0 saturated carbocycles. The predicted octanol–water partition coefficient (Wildman–Crippen LogP) is 6.14. The molecule has 2 heteroatoms. The fourth-order valence-corrected chi connectivity index (χ4v) is 3.17. The van der Waals surface area contributed by atoms with Gasteiger partial charge in [-0.05, 0) is 12.8 Å². The van der Waals surface area contributed by atoms with Crippen LogP contribution in [0.4, 0.5) is 0 Å². The van der Waals surface area contributed by atoms with Crippen molar-refractivity contribution in [3.8, 4) is 0 Å². The first-order valence-electron chi connectivity index (χ1n) is 10.0. The van der Waals surface area contributed by atoms with Crippen LogP contribution >= 0.6 is 0 Å². The summed E-state index contributed by atoms with van der Waals surface area (Å²) in [7, 11) is 0. The first-order chi connectivity index (χ1) is 10.9. The Balaban J connectivity index is 1.83. The van der Waals surface area contributed by atoms with E-state index in [4.69, 9.17) is 0 Å². The minimum atomic E-state index is 1.13. The lowest BCUT2D eigenvalue weighted by Crippen LogP contribution is -2.26. The maximum atomic E-state index is 2.48. The summed E-state index contributed by atoms with van der Waals surface area (Å²) in [6, 6.07) is 0. The molecule has 0 unspecified atom stereocenters. The molecular weight excluding hydrogens is 268 g/mol. The topological polar surface area (TPSA) is 6.48 Å². The van der Waals surface area contributed by atoms with E-state index < -0.39 is 0 Å². The second-order valence-corrected chi connectivity index (χ2v) is 6.95. The number of hydrogen-bond acceptors (Lipinski definition) is 2. The molecule has 2 nitrogen and oxygen atoms in total. The largest absolute Gasteiger partial charge is 0.359 e. The fraction of sp³-hybridized carbons (Fsp3) is 0.900. The zero-order valence-corrected chi connectivity index (χ0v) is 15.4. The summed E-state index contributed by atoms with van der Waals surface area (Å²) < 4.78 is 0. The molecule has 0 aromatic carbocycles. The molecule has 0 spiro atoms. The van der Waals surface area contributed by atoms with Gasteiger partial charge in [-0.2, -0.15) is 0 Å². The molecule has 0 atom stereocenters. The maximum absolute atomic E-state index is 2.48. The Kier molecular flexibility index (Phi) is 12.3. The Morgan fingerprint density at radius 3 is 1.41 bits per heavy atom. The van der Waals surface area contributed by atoms with Crippen molar-refractivity contribution in [2.24, 2.45) is 0 Å². The highest BCUT2D eigenvalue weighted by molar-refractivity contribution is 4.90. The third kappa shape index (κ3) is 10.1. The molecule has 0 radical (unpaired) electrons. The molecule has 1 aliphatic heterocycles. The van der Waals surface area contributed by atoms with Gasteiger partial charge in [-0.25, -0.2) is 0 Å². The smallest absolute Gasteiger partial charge is 0.0893 e. The molecule has 1 heterocycles. The highest BCUT2D eigenvalue weighted by atomic mass is 15.3. The van der Waals surface area contributed by atoms with E-state index >= 15 is 0 Å². The highest BCUT2D eigenvalue weighted by Gasteiger charge is 2.10. The van der Waals surface area contributed by atoms with Crippen LogP contribution < -0.4 is 0 Å². The molecular formula is C20H40N2. The SMILES string of the molecule is CCCCCCCCCCCCN1C=CN(CCCCC)C1. The Morgan fingerprint density at radius 2 is 0.909 bits per heavy atom. The summed E-state index contributed by atoms with van der Waals surface area (Å²) in [5.41, 5.74) is 0. The van der Waals surface area contributed by atoms with E-state index in [9.17, 15) is 0 Å². The van der Waals surface area contributed by atoms with Crippen LogP contribution in [-0.4, -0.2) is 29.6 Å². The van der Waals surface area contributed by atoms with Crippen LogP contribution in [0.25, 0.3) is 0 Å². The van der Waals surface area contributed by atoms with Crippen molar-refractivity contribution < 1.29 is 0 Å². The molecule has 22 heavy (non-hydrogen) atoms. The van der Waals surface area contributed by atoms with Crippen molar-refractivity contribution in [2.45, 2.75) is 97.3 Å². The minimum Gasteiger partial charge on any atom is -0.359 e. The van der Waals surface area contributed by atoms with Gasteiger partial charge in [0.1, 0.15) is 0 Å². The summed E-state index contributed by atoms with van der Waals surface area (Å²) in [6.45, 7) is 8.18. The third-order valence-corrected chi connectivity index (χ3v) is 4.70. The second kappa shape index (κ2) is 14.0. The summed E-state index contributed by atoms with van der Waals surface area (Å²) in [5, 5.41) is 0. The van der Waals surface area contributed by atoms with Crippen LogP contribution in [0.2, 0.25) is 0 Å². The lowest BCUT2D eigenvalue weighted by molar-refractivity contribution is 0.257. The van der Waals surface area contributed by atoms with E-state index in [0.29, 0.717) is 0 Å². The average molecular weight is 309 g/mol. The molecule has 0 N–H and O–H groups in total. The van der Waals surface area contributed by atoms with E-state index in [1.165, 1.54) is 96.6 Å². The number of rotatable bonds is 15. The van der Waals surface area contributed by atoms with Crippen LogP contribution in [0.3, 0.4) is 0 Å². The summed E-state index contributed by atoms with van der Waals surface area (Å²) >= 11 is 0. The Labute approximate surface area is 139 Å². The minimum absolute atomic E-state index is 1.13. The van der Waals surface area contributed by atoms with E-state index in [1.54, 1.807) is 0 Å². The van der Waals surface area contributed by atoms with Crippen molar-refractivity contribution in [3.05, 3.63) is 12.4 Å². The van der Waals surface area contributed by atoms with Crippen molar-refractivity contribution >= 4 is 0 Å². The van der Waals surface area contributed by atoms with Crippen LogP contribution in [0.1, 0.15) is 97.3 Å². The molecule has 0 saturated heterocycles. The molecule has 0 amide bonds. The normalized spacial score (nSPS) is 14.3. The zero-order valence-electron chi connectivity index (χ0n) is 15.4. The van der Waals surface area contributed by atoms with E-state index in [1.807, 2.05) is 0 Å². The molecule has 0 fully saturated rings. The van der Waals surface area contributed by atoms with Gasteiger partial charge in [-0.1, -0.05) is 84.5 Å². The highest BCUT2D eigenvalue weighted by Crippen LogP contribution is 2.13. The maximum Gasteiger partial charge on any atom is 0.0893 e. The van der Waals surface area contributed by atoms with Gasteiger partial charge in [0.2, 0.25) is 0 Å². The van der Waals surface area contributed by atoms with Crippen LogP contribution in [0.5, 0.6) is 0 Å². The van der Waals surface area contributed by atoms with Crippen molar-refractivity contribution in [1.82, 2.24) is 9.80 Å². The van der Waals surface area contributed by atoms with Crippen LogP contribution in [0, 0.1) is 0 Å². The van der Waals surface area contributed by atoms with Gasteiger partial charge in [-0.15, -0.1) is 0 Å². The Morgan fingerprint density at radius 1 is 0.545 bits per heavy atom. The zero-order chi connectivity index (χ0) is 15.9. The molecule has 0 aromatic heterocycles. The number of nitrogens with zero attached hydrogens (tertiary/aromatic N) is 2. The fourth-order valence-electron chi connectivity index (χ4n) is 3.17. The second-order valence-electron chi connectivity index (χ2n) is 6.95. The molecule has 1 rings (SSSR count). The van der Waals surface area contributed by atoms with Gasteiger partial charge >= 0.3 is 0 Å². The molecule has 0 bridgehead atoms. The summed E-state index contributed by atoms with van der Waals surface area (Å²) in [6.07, 6.45) is 22.9. The van der Waals surface area contributed by atoms with E-state index in [-0.39, 0.29) is 0 Å². The van der Waals surface area contributed by atoms with Crippen LogP contribution in [0.15, 0.2) is 12.4 Å². The molecule has 1 aliphatic rings. The standard InChI is InChI=1S/C20H40N2/c1-3-5-7-8-9-10-11-12-13-15-17-22-19-18-21(20-22)16-14-6-4-2/h18-19H,3-17,20H2,1-2H3. The molecule has 130 valence electrons. The van der Waals surface area contributed by atoms with Crippen molar-refractivity contribution in [2.75, 3.05) is 19.8 Å². The number of hydrogen-bond donors (Lipinski definition) is 0. The Hall–Kier alpha value is -0.660. The van der Waals surface area contributed by atoms with Crippen molar-refractivity contribution in [1.29, 1.82) is 0 Å². The first kappa shape index (κ1) is 19.4. The summed E-state index contributed by atoms with van der Waals surface area (Å²) in [4.78, 5) is 4.95.